The summed E-state index contributed by atoms with van der Waals surface area (Å²) in [5, 5.41) is 0. The van der Waals surface area contributed by atoms with Gasteiger partial charge < -0.3 is 0 Å². The second kappa shape index (κ2) is 3.41. The molecule has 0 N–H and O–H groups in total. The number of hydrogen-bond acceptors (Lipinski definition) is 0. The highest BCUT2D eigenvalue weighted by Crippen LogP contribution is 2.41. The van der Waals surface area contributed by atoms with Crippen LogP contribution in [0.15, 0.2) is 11.6 Å². The molecule has 0 aromatic carbocycles. The lowest BCUT2D eigenvalue weighted by molar-refractivity contribution is -0.265. The fraction of sp³-hybridized carbons (Fsp3) is 0.571. The third kappa shape index (κ3) is 1.95. The monoisotopic (exact) mass is 187 g/mol. The average molecular weight is 187 g/mol. The number of halogens is 5. The van der Waals surface area contributed by atoms with Crippen LogP contribution in [0.4, 0.5) is 22.0 Å². The first-order chi connectivity index (χ1) is 5.27. The molecule has 12 heavy (non-hydrogen) atoms. The van der Waals surface area contributed by atoms with E-state index in [-0.39, 0.29) is 6.42 Å². The van der Waals surface area contributed by atoms with Gasteiger partial charge in [0.25, 0.3) is 0 Å². The molecule has 5 heteroatoms. The van der Waals surface area contributed by atoms with Crippen LogP contribution in [-0.4, -0.2) is 12.1 Å². The summed E-state index contributed by atoms with van der Waals surface area (Å²) in [4.78, 5) is 0. The van der Waals surface area contributed by atoms with E-state index in [4.69, 9.17) is 0 Å². The van der Waals surface area contributed by atoms with Gasteiger partial charge in [0.15, 0.2) is 0 Å². The molecule has 0 aliphatic carbocycles. The second-order valence-corrected chi connectivity index (χ2v) is 2.16. The Labute approximate surface area is 67.1 Å². The Balaban J connectivity index is 4.84. The zero-order valence-corrected chi connectivity index (χ0v) is 6.38. The normalized spacial score (nSPS) is 15.1. The third-order valence-corrected chi connectivity index (χ3v) is 1.39. The Morgan fingerprint density at radius 2 is 1.67 bits per heavy atom. The molecule has 1 radical (unpaired) electrons. The van der Waals surface area contributed by atoms with Crippen molar-refractivity contribution in [1.82, 2.24) is 0 Å². The van der Waals surface area contributed by atoms with Gasteiger partial charge in [0, 0.05) is 5.57 Å². The van der Waals surface area contributed by atoms with Crippen LogP contribution >= 0.6 is 0 Å². The van der Waals surface area contributed by atoms with Crippen molar-refractivity contribution in [3.8, 4) is 0 Å². The molecule has 0 aromatic heterocycles. The van der Waals surface area contributed by atoms with Gasteiger partial charge >= 0.3 is 12.1 Å². The van der Waals surface area contributed by atoms with E-state index in [1.807, 2.05) is 0 Å². The Hall–Kier alpha value is -0.610. The van der Waals surface area contributed by atoms with Gasteiger partial charge in [-0.05, 0) is 13.3 Å². The van der Waals surface area contributed by atoms with E-state index in [0.717, 1.165) is 0 Å². The summed E-state index contributed by atoms with van der Waals surface area (Å²) in [5.74, 6) is -4.75. The van der Waals surface area contributed by atoms with Crippen LogP contribution in [-0.2, 0) is 0 Å². The highest BCUT2D eigenvalue weighted by atomic mass is 19.4. The van der Waals surface area contributed by atoms with Gasteiger partial charge in [-0.15, -0.1) is 0 Å². The minimum Gasteiger partial charge on any atom is -0.191 e. The molecule has 0 rings (SSSR count). The standard InChI is InChI=1S/C7H8F5/c1-3-5(4-2)6(8,9)7(10,11)12/h3H,1,4H2,2H3. The Bertz CT molecular complexity index is 177. The minimum atomic E-state index is -5.52. The summed E-state index contributed by atoms with van der Waals surface area (Å²) >= 11 is 0. The summed E-state index contributed by atoms with van der Waals surface area (Å²) in [5.41, 5.74) is -1.00. The van der Waals surface area contributed by atoms with E-state index < -0.39 is 17.7 Å². The Kier molecular flexibility index (Phi) is 3.24. The molecule has 0 fully saturated rings. The SMILES string of the molecule is [CH2]C=C(CC)C(F)(F)C(F)(F)F. The van der Waals surface area contributed by atoms with Gasteiger partial charge in [-0.25, -0.2) is 0 Å². The number of allylic oxidation sites excluding steroid dienone is 2. The second-order valence-electron chi connectivity index (χ2n) is 2.16. The Morgan fingerprint density at radius 1 is 1.25 bits per heavy atom. The van der Waals surface area contributed by atoms with Crippen LogP contribution in [0.1, 0.15) is 13.3 Å². The first-order valence-corrected chi connectivity index (χ1v) is 3.20. The molecule has 0 saturated carbocycles. The fourth-order valence-electron chi connectivity index (χ4n) is 0.677. The van der Waals surface area contributed by atoms with Gasteiger partial charge in [-0.1, -0.05) is 13.0 Å². The zero-order valence-electron chi connectivity index (χ0n) is 6.38. The summed E-state index contributed by atoms with van der Waals surface area (Å²) in [7, 11) is 0. The first kappa shape index (κ1) is 11.4. The molecule has 0 nitrogen and oxygen atoms in total. The molecule has 0 aliphatic rings. The summed E-state index contributed by atoms with van der Waals surface area (Å²) in [6.07, 6.45) is -5.34. The highest BCUT2D eigenvalue weighted by molar-refractivity contribution is 5.16. The van der Waals surface area contributed by atoms with Gasteiger partial charge in [0.05, 0.1) is 0 Å². The van der Waals surface area contributed by atoms with Crippen molar-refractivity contribution in [1.29, 1.82) is 0 Å². The topological polar surface area (TPSA) is 0 Å². The number of hydrogen-bond donors (Lipinski definition) is 0. The number of rotatable bonds is 2. The smallest absolute Gasteiger partial charge is 0.191 e. The molecule has 71 valence electrons. The number of alkyl halides is 5. The molecule has 0 unspecified atom stereocenters. The van der Waals surface area contributed by atoms with Crippen LogP contribution in [0, 0.1) is 6.92 Å². The zero-order chi connectivity index (χ0) is 9.99. The van der Waals surface area contributed by atoms with Gasteiger partial charge in [0.2, 0.25) is 0 Å². The minimum absolute atomic E-state index is 0.365. The maximum atomic E-state index is 12.4. The first-order valence-electron chi connectivity index (χ1n) is 3.20. The third-order valence-electron chi connectivity index (χ3n) is 1.39. The van der Waals surface area contributed by atoms with Crippen LogP contribution in [0.25, 0.3) is 0 Å². The van der Waals surface area contributed by atoms with Crippen LogP contribution in [0.3, 0.4) is 0 Å². The van der Waals surface area contributed by atoms with Gasteiger partial charge in [-0.2, -0.15) is 22.0 Å². The lowest BCUT2D eigenvalue weighted by Crippen LogP contribution is -2.38. The summed E-state index contributed by atoms with van der Waals surface area (Å²) < 4.78 is 59.6. The maximum Gasteiger partial charge on any atom is 0.457 e. The van der Waals surface area contributed by atoms with E-state index in [1.54, 1.807) is 0 Å². The van der Waals surface area contributed by atoms with Crippen molar-refractivity contribution in [2.45, 2.75) is 25.4 Å². The van der Waals surface area contributed by atoms with E-state index in [9.17, 15) is 22.0 Å². The largest absolute Gasteiger partial charge is 0.457 e. The molecular formula is C7H8F5. The van der Waals surface area contributed by atoms with Crippen molar-refractivity contribution in [2.75, 3.05) is 0 Å². The average Bonchev–Trinajstić information content (AvgIpc) is 1.87. The highest BCUT2D eigenvalue weighted by Gasteiger charge is 2.58. The van der Waals surface area contributed by atoms with Crippen LogP contribution < -0.4 is 0 Å². The summed E-state index contributed by atoms with van der Waals surface area (Å²) in [6.45, 7) is 4.11. The van der Waals surface area contributed by atoms with Gasteiger partial charge in [-0.3, -0.25) is 0 Å². The molecule has 0 amide bonds. The van der Waals surface area contributed by atoms with Crippen molar-refractivity contribution in [3.63, 3.8) is 0 Å². The molecule has 0 atom stereocenters. The van der Waals surface area contributed by atoms with E-state index in [2.05, 4.69) is 6.92 Å². The van der Waals surface area contributed by atoms with Crippen molar-refractivity contribution in [2.24, 2.45) is 0 Å². The predicted molar refractivity (Wildman–Crippen MR) is 34.7 cm³/mol. The van der Waals surface area contributed by atoms with E-state index in [0.29, 0.717) is 6.08 Å². The Morgan fingerprint density at radius 3 is 1.75 bits per heavy atom. The maximum absolute atomic E-state index is 12.4. The molecule has 0 spiro atoms. The molecule has 0 saturated heterocycles. The van der Waals surface area contributed by atoms with Crippen LogP contribution in [0.5, 0.6) is 0 Å². The molecular weight excluding hydrogens is 179 g/mol. The molecule has 0 heterocycles. The fourth-order valence-corrected chi connectivity index (χ4v) is 0.677. The van der Waals surface area contributed by atoms with Crippen molar-refractivity contribution in [3.05, 3.63) is 18.6 Å². The van der Waals surface area contributed by atoms with Gasteiger partial charge in [0.1, 0.15) is 0 Å². The van der Waals surface area contributed by atoms with E-state index in [1.165, 1.54) is 6.92 Å². The van der Waals surface area contributed by atoms with Crippen molar-refractivity contribution < 1.29 is 22.0 Å². The lowest BCUT2D eigenvalue weighted by atomic mass is 10.1. The van der Waals surface area contributed by atoms with E-state index >= 15 is 0 Å². The molecule has 0 aromatic rings. The van der Waals surface area contributed by atoms with Crippen molar-refractivity contribution >= 4 is 0 Å². The predicted octanol–water partition coefficient (Wildman–Crippen LogP) is 3.35. The molecule has 0 bridgehead atoms. The quantitative estimate of drug-likeness (QED) is 0.581. The molecule has 0 aliphatic heterocycles. The lowest BCUT2D eigenvalue weighted by Gasteiger charge is -2.21. The summed E-state index contributed by atoms with van der Waals surface area (Å²) in [6, 6.07) is 0. The van der Waals surface area contributed by atoms with Crippen LogP contribution in [0.2, 0.25) is 0 Å².